The first kappa shape index (κ1) is 12.5. The van der Waals surface area contributed by atoms with Crippen LogP contribution in [-0.4, -0.2) is 38.2 Å². The molecule has 0 saturated heterocycles. The molecule has 0 fully saturated rings. The Hall–Kier alpha value is -0.950. The monoisotopic (exact) mass is 293 g/mol. The molecule has 0 aromatic carbocycles. The molecule has 17 heavy (non-hydrogen) atoms. The maximum Gasteiger partial charge on any atom is 0.225 e. The van der Waals surface area contributed by atoms with E-state index in [9.17, 15) is 0 Å². The van der Waals surface area contributed by atoms with Gasteiger partial charge in [0, 0.05) is 6.54 Å². The van der Waals surface area contributed by atoms with Gasteiger partial charge < -0.3 is 10.4 Å². The summed E-state index contributed by atoms with van der Waals surface area (Å²) in [5, 5.41) is 11.7. The number of aliphatic hydroxyl groups is 1. The summed E-state index contributed by atoms with van der Waals surface area (Å²) in [6, 6.07) is 0. The molecule has 0 spiro atoms. The van der Waals surface area contributed by atoms with Crippen molar-refractivity contribution in [2.45, 2.75) is 0 Å². The minimum atomic E-state index is -0.0599. The lowest BCUT2D eigenvalue weighted by Gasteiger charge is -2.07. The van der Waals surface area contributed by atoms with Crippen molar-refractivity contribution in [1.29, 1.82) is 0 Å². The van der Waals surface area contributed by atoms with Crippen LogP contribution in [0.4, 0.5) is 5.82 Å². The summed E-state index contributed by atoms with van der Waals surface area (Å²) in [7, 11) is 0. The Bertz CT molecular complexity index is 564. The maximum absolute atomic E-state index is 8.75. The average molecular weight is 295 g/mol. The van der Waals surface area contributed by atoms with Crippen LogP contribution in [0.15, 0.2) is 0 Å². The molecule has 90 valence electrons. The normalized spacial score (nSPS) is 10.8. The van der Waals surface area contributed by atoms with Gasteiger partial charge in [-0.1, -0.05) is 11.6 Å². The van der Waals surface area contributed by atoms with Crippen LogP contribution in [0.25, 0.3) is 11.0 Å². The Morgan fingerprint density at radius 1 is 0.941 bits per heavy atom. The first-order valence-electron chi connectivity index (χ1n) is 4.53. The van der Waals surface area contributed by atoms with Gasteiger partial charge in [-0.2, -0.15) is 4.98 Å². The summed E-state index contributed by atoms with van der Waals surface area (Å²) in [6.45, 7) is 0.233. The molecule has 0 bridgehead atoms. The van der Waals surface area contributed by atoms with Crippen molar-refractivity contribution in [1.82, 2.24) is 19.9 Å². The molecule has 2 N–H and O–H groups in total. The van der Waals surface area contributed by atoms with Crippen molar-refractivity contribution in [3.8, 4) is 0 Å². The van der Waals surface area contributed by atoms with E-state index in [1.54, 1.807) is 0 Å². The van der Waals surface area contributed by atoms with E-state index in [0.29, 0.717) is 23.4 Å². The second-order valence-electron chi connectivity index (χ2n) is 2.97. The van der Waals surface area contributed by atoms with E-state index < -0.39 is 0 Å². The summed E-state index contributed by atoms with van der Waals surface area (Å²) in [6.07, 6.45) is 0. The summed E-state index contributed by atoms with van der Waals surface area (Å²) in [5.41, 5.74) is 0.657. The van der Waals surface area contributed by atoms with Crippen LogP contribution < -0.4 is 5.32 Å². The number of aliphatic hydroxyl groups excluding tert-OH is 1. The zero-order chi connectivity index (χ0) is 12.4. The predicted molar refractivity (Wildman–Crippen MR) is 65.7 cm³/mol. The predicted octanol–water partition coefficient (Wildman–Crippen LogP) is 1.78. The molecule has 0 atom stereocenters. The van der Waals surface area contributed by atoms with Crippen LogP contribution in [0.5, 0.6) is 0 Å². The number of nitrogens with zero attached hydrogens (tertiary/aromatic N) is 4. The van der Waals surface area contributed by atoms with Crippen LogP contribution in [-0.2, 0) is 0 Å². The Labute approximate surface area is 111 Å². The third-order valence-electron chi connectivity index (χ3n) is 1.85. The lowest BCUT2D eigenvalue weighted by molar-refractivity contribution is 0.311. The lowest BCUT2D eigenvalue weighted by atomic mass is 10.4. The molecule has 0 amide bonds. The van der Waals surface area contributed by atoms with Gasteiger partial charge in [-0.05, 0) is 23.2 Å². The number of fused-ring (bicyclic) bond motifs is 1. The third-order valence-corrected chi connectivity index (χ3v) is 2.45. The van der Waals surface area contributed by atoms with Gasteiger partial charge in [-0.15, -0.1) is 0 Å². The third kappa shape index (κ3) is 2.66. The molecular weight excluding hydrogens is 288 g/mol. The van der Waals surface area contributed by atoms with E-state index in [-0.39, 0.29) is 22.3 Å². The zero-order valence-corrected chi connectivity index (χ0v) is 10.6. The molecule has 0 aliphatic rings. The second-order valence-corrected chi connectivity index (χ2v) is 4.01. The highest BCUT2D eigenvalue weighted by Gasteiger charge is 2.13. The fourth-order valence-corrected chi connectivity index (χ4v) is 1.82. The fraction of sp³-hybridized carbons (Fsp3) is 0.250. The number of hydrogen-bond acceptors (Lipinski definition) is 6. The Morgan fingerprint density at radius 3 is 2.29 bits per heavy atom. The van der Waals surface area contributed by atoms with E-state index in [4.69, 9.17) is 39.9 Å². The Balaban J connectivity index is 2.64. The number of aromatic nitrogens is 4. The van der Waals surface area contributed by atoms with E-state index in [1.807, 2.05) is 0 Å². The van der Waals surface area contributed by atoms with Crippen molar-refractivity contribution in [2.75, 3.05) is 18.5 Å². The molecule has 2 heterocycles. The summed E-state index contributed by atoms with van der Waals surface area (Å²) in [5.74, 6) is 0.347. The van der Waals surface area contributed by atoms with Gasteiger partial charge in [0.1, 0.15) is 11.0 Å². The number of rotatable bonds is 3. The molecule has 2 aromatic heterocycles. The first-order chi connectivity index (χ1) is 8.11. The molecule has 0 aliphatic heterocycles. The van der Waals surface area contributed by atoms with Crippen molar-refractivity contribution in [3.05, 3.63) is 15.7 Å². The number of halogens is 3. The minimum absolute atomic E-state index is 0.00534. The molecule has 2 aromatic rings. The van der Waals surface area contributed by atoms with Crippen LogP contribution >= 0.6 is 34.8 Å². The zero-order valence-electron chi connectivity index (χ0n) is 8.28. The van der Waals surface area contributed by atoms with Gasteiger partial charge in [0.05, 0.1) is 6.61 Å². The molecule has 0 unspecified atom stereocenters. The van der Waals surface area contributed by atoms with Gasteiger partial charge >= 0.3 is 0 Å². The van der Waals surface area contributed by atoms with Gasteiger partial charge in [0.2, 0.25) is 10.6 Å². The summed E-state index contributed by atoms with van der Waals surface area (Å²) < 4.78 is 0. The molecule has 6 nitrogen and oxygen atoms in total. The van der Waals surface area contributed by atoms with Crippen molar-refractivity contribution >= 4 is 51.7 Å². The standard InChI is InChI=1S/C8H6Cl3N5O/c9-5-3-4(14-7(10)15-5)6(12-1-2-17)16-8(11)13-3/h17H,1-2H2,(H,12,13,16). The topological polar surface area (TPSA) is 83.8 Å². The van der Waals surface area contributed by atoms with Crippen LogP contribution in [0, 0.1) is 0 Å². The van der Waals surface area contributed by atoms with Gasteiger partial charge in [-0.25, -0.2) is 15.0 Å². The van der Waals surface area contributed by atoms with Gasteiger partial charge in [0.15, 0.2) is 11.0 Å². The van der Waals surface area contributed by atoms with Crippen molar-refractivity contribution < 1.29 is 5.11 Å². The Morgan fingerprint density at radius 2 is 1.59 bits per heavy atom. The largest absolute Gasteiger partial charge is 0.395 e. The molecule has 0 radical (unpaired) electrons. The quantitative estimate of drug-likeness (QED) is 0.663. The molecular formula is C8H6Cl3N5O. The second kappa shape index (κ2) is 5.14. The van der Waals surface area contributed by atoms with Gasteiger partial charge in [-0.3, -0.25) is 0 Å². The van der Waals surface area contributed by atoms with Crippen LogP contribution in [0.3, 0.4) is 0 Å². The summed E-state index contributed by atoms with van der Waals surface area (Å²) in [4.78, 5) is 15.6. The van der Waals surface area contributed by atoms with Gasteiger partial charge in [0.25, 0.3) is 0 Å². The number of hydrogen-bond donors (Lipinski definition) is 2. The van der Waals surface area contributed by atoms with Crippen LogP contribution in [0.1, 0.15) is 0 Å². The van der Waals surface area contributed by atoms with E-state index >= 15 is 0 Å². The number of anilines is 1. The SMILES string of the molecule is OCCNc1nc(Cl)nc2c(Cl)nc(Cl)nc12. The van der Waals surface area contributed by atoms with Crippen molar-refractivity contribution in [2.24, 2.45) is 0 Å². The highest BCUT2D eigenvalue weighted by Crippen LogP contribution is 2.26. The van der Waals surface area contributed by atoms with E-state index in [0.717, 1.165) is 0 Å². The maximum atomic E-state index is 8.75. The molecule has 0 saturated carbocycles. The highest BCUT2D eigenvalue weighted by molar-refractivity contribution is 6.36. The van der Waals surface area contributed by atoms with E-state index in [1.165, 1.54) is 0 Å². The fourth-order valence-electron chi connectivity index (χ4n) is 1.23. The smallest absolute Gasteiger partial charge is 0.225 e. The summed E-state index contributed by atoms with van der Waals surface area (Å²) >= 11 is 17.3. The minimum Gasteiger partial charge on any atom is -0.395 e. The van der Waals surface area contributed by atoms with Crippen molar-refractivity contribution in [3.63, 3.8) is 0 Å². The molecule has 2 rings (SSSR count). The Kier molecular flexibility index (Phi) is 3.78. The van der Waals surface area contributed by atoms with Crippen LogP contribution in [0.2, 0.25) is 15.7 Å². The average Bonchev–Trinajstić information content (AvgIpc) is 2.27. The molecule has 0 aliphatic carbocycles. The van der Waals surface area contributed by atoms with E-state index in [2.05, 4.69) is 25.3 Å². The lowest BCUT2D eigenvalue weighted by Crippen LogP contribution is -2.09. The first-order valence-corrected chi connectivity index (χ1v) is 5.66. The molecule has 9 heteroatoms. The highest BCUT2D eigenvalue weighted by atomic mass is 35.5. The number of nitrogens with one attached hydrogen (secondary N) is 1.